The number of imidazole rings is 2. The van der Waals surface area contributed by atoms with Crippen molar-refractivity contribution >= 4 is 12.4 Å². The standard InChI is InChI=1S/C18H17N7.ClH/c1-12-16-9-25-18(14-5-3-4-6-15(14)24(16)11-20-12)21-17(22-25)10-23-8-7-19-13(23)2;/h3-8,11H,9-10H2,1-2H3;1H. The second-order valence-corrected chi connectivity index (χ2v) is 6.28. The summed E-state index contributed by atoms with van der Waals surface area (Å²) in [6, 6.07) is 8.27. The molecule has 26 heavy (non-hydrogen) atoms. The van der Waals surface area contributed by atoms with Crippen LogP contribution in [0, 0.1) is 13.8 Å². The van der Waals surface area contributed by atoms with Gasteiger partial charge < -0.3 is 9.13 Å². The molecule has 4 heterocycles. The fourth-order valence-electron chi connectivity index (χ4n) is 3.36. The maximum atomic E-state index is 4.83. The number of para-hydroxylation sites is 1. The number of hydrogen-bond donors (Lipinski definition) is 0. The molecule has 0 fully saturated rings. The Kier molecular flexibility index (Phi) is 3.88. The van der Waals surface area contributed by atoms with Gasteiger partial charge in [-0.05, 0) is 26.0 Å². The molecule has 0 radical (unpaired) electrons. The molecular weight excluding hydrogens is 350 g/mol. The van der Waals surface area contributed by atoms with Crippen LogP contribution in [0.2, 0.25) is 0 Å². The van der Waals surface area contributed by atoms with Crippen LogP contribution in [0.1, 0.15) is 23.0 Å². The van der Waals surface area contributed by atoms with Gasteiger partial charge in [-0.2, -0.15) is 5.10 Å². The topological polar surface area (TPSA) is 66.3 Å². The van der Waals surface area contributed by atoms with Gasteiger partial charge in [0.15, 0.2) is 11.6 Å². The highest BCUT2D eigenvalue weighted by Crippen LogP contribution is 2.31. The number of benzene rings is 1. The van der Waals surface area contributed by atoms with Crippen molar-refractivity contribution in [2.75, 3.05) is 0 Å². The minimum atomic E-state index is 0. The summed E-state index contributed by atoms with van der Waals surface area (Å²) >= 11 is 0. The first kappa shape index (κ1) is 16.5. The number of hydrogen-bond acceptors (Lipinski definition) is 4. The molecule has 1 aliphatic rings. The van der Waals surface area contributed by atoms with Crippen molar-refractivity contribution in [2.24, 2.45) is 0 Å². The van der Waals surface area contributed by atoms with Gasteiger partial charge in [-0.1, -0.05) is 12.1 Å². The van der Waals surface area contributed by atoms with Crippen molar-refractivity contribution in [1.82, 2.24) is 33.9 Å². The third kappa shape index (κ3) is 2.43. The molecule has 4 aromatic rings. The lowest BCUT2D eigenvalue weighted by Crippen LogP contribution is -2.07. The first-order chi connectivity index (χ1) is 12.2. The Hall–Kier alpha value is -2.93. The first-order valence-electron chi connectivity index (χ1n) is 8.25. The van der Waals surface area contributed by atoms with E-state index in [2.05, 4.69) is 31.2 Å². The molecule has 0 aliphatic carbocycles. The normalized spacial score (nSPS) is 11.9. The molecule has 1 aliphatic heterocycles. The van der Waals surface area contributed by atoms with Crippen LogP contribution < -0.4 is 0 Å². The van der Waals surface area contributed by atoms with Crippen LogP contribution in [-0.4, -0.2) is 33.9 Å². The second kappa shape index (κ2) is 6.10. The van der Waals surface area contributed by atoms with Crippen LogP contribution in [0.25, 0.3) is 17.1 Å². The Morgan fingerprint density at radius 1 is 1.12 bits per heavy atom. The predicted octanol–water partition coefficient (Wildman–Crippen LogP) is 2.78. The predicted molar refractivity (Wildman–Crippen MR) is 99.7 cm³/mol. The molecule has 0 unspecified atom stereocenters. The van der Waals surface area contributed by atoms with Gasteiger partial charge in [0, 0.05) is 18.0 Å². The van der Waals surface area contributed by atoms with E-state index in [-0.39, 0.29) is 12.4 Å². The van der Waals surface area contributed by atoms with Crippen LogP contribution in [-0.2, 0) is 13.1 Å². The zero-order chi connectivity index (χ0) is 17.0. The van der Waals surface area contributed by atoms with E-state index in [0.717, 1.165) is 40.1 Å². The highest BCUT2D eigenvalue weighted by molar-refractivity contribution is 5.85. The number of aryl methyl sites for hydroxylation is 2. The van der Waals surface area contributed by atoms with Crippen LogP contribution in [0.4, 0.5) is 0 Å². The minimum absolute atomic E-state index is 0. The fourth-order valence-corrected chi connectivity index (χ4v) is 3.36. The van der Waals surface area contributed by atoms with E-state index in [0.29, 0.717) is 13.1 Å². The van der Waals surface area contributed by atoms with E-state index in [9.17, 15) is 0 Å². The van der Waals surface area contributed by atoms with E-state index >= 15 is 0 Å². The van der Waals surface area contributed by atoms with E-state index in [4.69, 9.17) is 10.1 Å². The highest BCUT2D eigenvalue weighted by Gasteiger charge is 2.23. The Labute approximate surface area is 156 Å². The lowest BCUT2D eigenvalue weighted by Gasteiger charge is -2.07. The van der Waals surface area contributed by atoms with Crippen molar-refractivity contribution in [3.05, 3.63) is 66.0 Å². The summed E-state index contributed by atoms with van der Waals surface area (Å²) in [5.41, 5.74) is 4.32. The Balaban J connectivity index is 0.00000168. The zero-order valence-electron chi connectivity index (χ0n) is 14.5. The smallest absolute Gasteiger partial charge is 0.171 e. The van der Waals surface area contributed by atoms with Crippen LogP contribution in [0.15, 0.2) is 43.0 Å². The van der Waals surface area contributed by atoms with Gasteiger partial charge in [0.25, 0.3) is 0 Å². The molecule has 5 rings (SSSR count). The molecule has 0 amide bonds. The number of halogens is 1. The van der Waals surface area contributed by atoms with Gasteiger partial charge in [-0.3, -0.25) is 0 Å². The summed E-state index contributed by atoms with van der Waals surface area (Å²) in [6.07, 6.45) is 5.63. The number of rotatable bonds is 2. The molecule has 0 saturated heterocycles. The van der Waals surface area contributed by atoms with Gasteiger partial charge >= 0.3 is 0 Å². The van der Waals surface area contributed by atoms with Gasteiger partial charge in [-0.25, -0.2) is 19.6 Å². The second-order valence-electron chi connectivity index (χ2n) is 6.28. The zero-order valence-corrected chi connectivity index (χ0v) is 15.3. The average molecular weight is 368 g/mol. The monoisotopic (exact) mass is 367 g/mol. The summed E-state index contributed by atoms with van der Waals surface area (Å²) < 4.78 is 6.17. The van der Waals surface area contributed by atoms with Crippen molar-refractivity contribution in [1.29, 1.82) is 0 Å². The largest absolute Gasteiger partial charge is 0.327 e. The maximum Gasteiger partial charge on any atom is 0.171 e. The number of fused-ring (bicyclic) bond motifs is 5. The van der Waals surface area contributed by atoms with E-state index < -0.39 is 0 Å². The van der Waals surface area contributed by atoms with Gasteiger partial charge in [0.1, 0.15) is 5.82 Å². The Bertz CT molecular complexity index is 1090. The summed E-state index contributed by atoms with van der Waals surface area (Å²) in [7, 11) is 0. The number of aromatic nitrogens is 7. The van der Waals surface area contributed by atoms with Gasteiger partial charge in [0.2, 0.25) is 0 Å². The molecule has 3 aromatic heterocycles. The van der Waals surface area contributed by atoms with Crippen molar-refractivity contribution in [3.63, 3.8) is 0 Å². The average Bonchev–Trinajstić information content (AvgIpc) is 3.28. The van der Waals surface area contributed by atoms with Crippen LogP contribution in [0.3, 0.4) is 0 Å². The third-order valence-corrected chi connectivity index (χ3v) is 4.73. The Morgan fingerprint density at radius 3 is 2.77 bits per heavy atom. The van der Waals surface area contributed by atoms with Crippen LogP contribution >= 0.6 is 12.4 Å². The van der Waals surface area contributed by atoms with Crippen molar-refractivity contribution < 1.29 is 0 Å². The summed E-state index contributed by atoms with van der Waals surface area (Å²) in [4.78, 5) is 13.6. The first-order valence-corrected chi connectivity index (χ1v) is 8.25. The van der Waals surface area contributed by atoms with Crippen LogP contribution in [0.5, 0.6) is 0 Å². The number of nitrogens with zero attached hydrogens (tertiary/aromatic N) is 7. The molecule has 7 nitrogen and oxygen atoms in total. The lowest BCUT2D eigenvalue weighted by atomic mass is 10.1. The quantitative estimate of drug-likeness (QED) is 0.481. The molecule has 1 aromatic carbocycles. The summed E-state index contributed by atoms with van der Waals surface area (Å²) in [5.74, 6) is 2.64. The highest BCUT2D eigenvalue weighted by atomic mass is 35.5. The van der Waals surface area contributed by atoms with Gasteiger partial charge in [0.05, 0.1) is 36.5 Å². The third-order valence-electron chi connectivity index (χ3n) is 4.73. The van der Waals surface area contributed by atoms with Crippen molar-refractivity contribution in [2.45, 2.75) is 26.9 Å². The molecule has 0 N–H and O–H groups in total. The molecule has 0 atom stereocenters. The van der Waals surface area contributed by atoms with Gasteiger partial charge in [-0.15, -0.1) is 12.4 Å². The summed E-state index contributed by atoms with van der Waals surface area (Å²) in [5, 5.41) is 4.76. The Morgan fingerprint density at radius 2 is 1.96 bits per heavy atom. The maximum absolute atomic E-state index is 4.83. The minimum Gasteiger partial charge on any atom is -0.327 e. The van der Waals surface area contributed by atoms with E-state index in [1.165, 1.54) is 0 Å². The fraction of sp³-hybridized carbons (Fsp3) is 0.222. The molecule has 0 saturated carbocycles. The molecule has 132 valence electrons. The van der Waals surface area contributed by atoms with E-state index in [1.807, 2.05) is 43.2 Å². The molecule has 0 bridgehead atoms. The lowest BCUT2D eigenvalue weighted by molar-refractivity contribution is 0.643. The summed E-state index contributed by atoms with van der Waals surface area (Å²) in [6.45, 7) is 5.29. The van der Waals surface area contributed by atoms with E-state index in [1.54, 1.807) is 6.20 Å². The molecule has 0 spiro atoms. The SMILES string of the molecule is Cc1ncn2c1Cn1nc(Cn3ccnc3C)nc1-c1ccccc1-2.Cl. The molecular formula is C18H18ClN7. The molecule has 8 heteroatoms. The van der Waals surface area contributed by atoms with Crippen molar-refractivity contribution in [3.8, 4) is 17.1 Å².